The predicted molar refractivity (Wildman–Crippen MR) is 91.9 cm³/mol. The molecule has 1 aliphatic carbocycles. The first-order valence-corrected chi connectivity index (χ1v) is 8.39. The van der Waals surface area contributed by atoms with Crippen LogP contribution in [0.4, 0.5) is 5.82 Å². The van der Waals surface area contributed by atoms with E-state index < -0.39 is 0 Å². The third-order valence-corrected chi connectivity index (χ3v) is 4.70. The van der Waals surface area contributed by atoms with Crippen molar-refractivity contribution in [3.8, 4) is 12.3 Å². The molecule has 1 aliphatic heterocycles. The maximum atomic E-state index is 12.6. The van der Waals surface area contributed by atoms with Crippen molar-refractivity contribution >= 4 is 11.7 Å². The lowest BCUT2D eigenvalue weighted by Gasteiger charge is -2.37. The highest BCUT2D eigenvalue weighted by molar-refractivity contribution is 5.81. The second-order valence-corrected chi connectivity index (χ2v) is 6.32. The number of hydrogen-bond donors (Lipinski definition) is 1. The van der Waals surface area contributed by atoms with E-state index in [0.29, 0.717) is 38.0 Å². The fourth-order valence-electron chi connectivity index (χ4n) is 3.04. The van der Waals surface area contributed by atoms with Crippen LogP contribution in [0.15, 0.2) is 17.2 Å². The van der Waals surface area contributed by atoms with Gasteiger partial charge in [0.05, 0.1) is 12.6 Å². The molecule has 1 N–H and O–H groups in total. The fourth-order valence-corrected chi connectivity index (χ4v) is 3.04. The van der Waals surface area contributed by atoms with Gasteiger partial charge in [0.2, 0.25) is 5.91 Å². The Balaban J connectivity index is 1.61. The molecular weight excluding hydrogens is 306 g/mol. The van der Waals surface area contributed by atoms with Crippen LogP contribution in [-0.4, -0.2) is 59.1 Å². The minimum Gasteiger partial charge on any atom is -0.349 e. The van der Waals surface area contributed by atoms with Gasteiger partial charge in [0.25, 0.3) is 5.56 Å². The van der Waals surface area contributed by atoms with Gasteiger partial charge in [0, 0.05) is 44.6 Å². The third-order valence-electron chi connectivity index (χ3n) is 4.70. The quantitative estimate of drug-likeness (QED) is 0.760. The highest BCUT2D eigenvalue weighted by atomic mass is 16.2. The van der Waals surface area contributed by atoms with Gasteiger partial charge in [-0.1, -0.05) is 5.92 Å². The van der Waals surface area contributed by atoms with E-state index in [-0.39, 0.29) is 24.1 Å². The first-order valence-electron chi connectivity index (χ1n) is 8.39. The second-order valence-electron chi connectivity index (χ2n) is 6.32. The monoisotopic (exact) mass is 329 g/mol. The van der Waals surface area contributed by atoms with Crippen LogP contribution in [0.3, 0.4) is 0 Å². The predicted octanol–water partition coefficient (Wildman–Crippen LogP) is -0.162. The molecule has 0 aromatic carbocycles. The number of amides is 1. The minimum atomic E-state index is -0.229. The Morgan fingerprint density at radius 2 is 2.12 bits per heavy atom. The first-order chi connectivity index (χ1) is 11.6. The van der Waals surface area contributed by atoms with Crippen LogP contribution in [0, 0.1) is 12.3 Å². The highest BCUT2D eigenvalue weighted by Crippen LogP contribution is 2.33. The van der Waals surface area contributed by atoms with Crippen LogP contribution in [-0.2, 0) is 4.79 Å². The summed E-state index contributed by atoms with van der Waals surface area (Å²) < 4.78 is 1.80. The molecule has 1 atom stereocenters. The van der Waals surface area contributed by atoms with Gasteiger partial charge in [-0.25, -0.2) is 4.98 Å². The zero-order valence-corrected chi connectivity index (χ0v) is 13.9. The number of carbonyl (C=O) groups excluding carboxylic acids is 1. The molecule has 1 saturated carbocycles. The summed E-state index contributed by atoms with van der Waals surface area (Å²) in [7, 11) is 0. The summed E-state index contributed by atoms with van der Waals surface area (Å²) in [5, 5.41) is 2.71. The zero-order chi connectivity index (χ0) is 17.1. The Bertz CT molecular complexity index is 696. The van der Waals surface area contributed by atoms with E-state index in [2.05, 4.69) is 21.1 Å². The lowest BCUT2D eigenvalue weighted by atomic mass is 10.2. The topological polar surface area (TPSA) is 70.5 Å². The number of piperazine rings is 1. The van der Waals surface area contributed by atoms with E-state index in [9.17, 15) is 9.59 Å². The van der Waals surface area contributed by atoms with Gasteiger partial charge in [-0.05, 0) is 19.8 Å². The average Bonchev–Trinajstić information content (AvgIpc) is 3.44. The van der Waals surface area contributed by atoms with E-state index in [1.54, 1.807) is 17.0 Å². The number of hydrogen-bond acceptors (Lipinski definition) is 5. The lowest BCUT2D eigenvalue weighted by molar-refractivity contribution is -0.125. The van der Waals surface area contributed by atoms with E-state index in [1.807, 2.05) is 11.8 Å². The van der Waals surface area contributed by atoms with Crippen LogP contribution in [0.2, 0.25) is 0 Å². The van der Waals surface area contributed by atoms with E-state index in [1.165, 1.54) is 0 Å². The van der Waals surface area contributed by atoms with Gasteiger partial charge in [0.15, 0.2) is 5.82 Å². The van der Waals surface area contributed by atoms with Gasteiger partial charge >= 0.3 is 0 Å². The molecule has 2 heterocycles. The van der Waals surface area contributed by atoms with E-state index in [4.69, 9.17) is 6.42 Å². The summed E-state index contributed by atoms with van der Waals surface area (Å²) in [6.07, 6.45) is 10.8. The van der Waals surface area contributed by atoms with Crippen LogP contribution < -0.4 is 15.8 Å². The molecule has 3 rings (SSSR count). The number of nitrogens with zero attached hydrogens (tertiary/aromatic N) is 4. The van der Waals surface area contributed by atoms with Crippen LogP contribution in [0.1, 0.15) is 25.8 Å². The maximum Gasteiger partial charge on any atom is 0.293 e. The van der Waals surface area contributed by atoms with Gasteiger partial charge in [0.1, 0.15) is 0 Å². The average molecular weight is 329 g/mol. The standard InChI is InChI=1S/C17H23N5O2/c1-3-6-19-16(23)13(2)20-9-11-21(12-10-20)15-17(24)22(8-7-18-15)14-4-5-14/h1,7-8,13-14H,4-6,9-12H2,2H3,(H,19,23). The van der Waals surface area contributed by atoms with Gasteiger partial charge in [-0.15, -0.1) is 6.42 Å². The van der Waals surface area contributed by atoms with Crippen LogP contribution in [0.5, 0.6) is 0 Å². The molecule has 2 aliphatic rings. The first kappa shape index (κ1) is 16.5. The summed E-state index contributed by atoms with van der Waals surface area (Å²) in [4.78, 5) is 33.0. The molecule has 0 radical (unpaired) electrons. The summed E-state index contributed by atoms with van der Waals surface area (Å²) >= 11 is 0. The van der Waals surface area contributed by atoms with Crippen molar-refractivity contribution in [3.05, 3.63) is 22.7 Å². The van der Waals surface area contributed by atoms with Gasteiger partial charge in [-0.2, -0.15) is 0 Å². The number of rotatable bonds is 5. The molecule has 0 spiro atoms. The molecule has 24 heavy (non-hydrogen) atoms. The maximum absolute atomic E-state index is 12.6. The molecule has 1 aromatic heterocycles. The number of nitrogens with one attached hydrogen (secondary N) is 1. The van der Waals surface area contributed by atoms with Crippen molar-refractivity contribution in [3.63, 3.8) is 0 Å². The van der Waals surface area contributed by atoms with Crippen molar-refractivity contribution in [2.24, 2.45) is 0 Å². The Morgan fingerprint density at radius 1 is 1.42 bits per heavy atom. The van der Waals surface area contributed by atoms with E-state index in [0.717, 1.165) is 12.8 Å². The molecule has 1 aromatic rings. The molecule has 128 valence electrons. The number of aromatic nitrogens is 2. The van der Waals surface area contributed by atoms with Crippen molar-refractivity contribution in [1.29, 1.82) is 0 Å². The largest absolute Gasteiger partial charge is 0.349 e. The highest BCUT2D eigenvalue weighted by Gasteiger charge is 2.29. The smallest absolute Gasteiger partial charge is 0.293 e. The van der Waals surface area contributed by atoms with Crippen molar-refractivity contribution in [1.82, 2.24) is 19.8 Å². The third kappa shape index (κ3) is 3.44. The van der Waals surface area contributed by atoms with Gasteiger partial charge in [-0.3, -0.25) is 14.5 Å². The summed E-state index contributed by atoms with van der Waals surface area (Å²) in [5.41, 5.74) is -0.00624. The number of anilines is 1. The number of carbonyl (C=O) groups is 1. The lowest BCUT2D eigenvalue weighted by Crippen LogP contribution is -2.55. The Kier molecular flexibility index (Phi) is 4.86. The minimum absolute atomic E-state index is 0.00624. The molecule has 1 saturated heterocycles. The Labute approximate surface area is 141 Å². The Morgan fingerprint density at radius 3 is 2.75 bits per heavy atom. The zero-order valence-electron chi connectivity index (χ0n) is 13.9. The molecule has 0 bridgehead atoms. The molecule has 7 heteroatoms. The number of terminal acetylenes is 1. The summed E-state index contributed by atoms with van der Waals surface area (Å²) in [6.45, 7) is 4.92. The van der Waals surface area contributed by atoms with Crippen molar-refractivity contribution in [2.45, 2.75) is 31.8 Å². The molecule has 2 fully saturated rings. The molecule has 1 unspecified atom stereocenters. The molecular formula is C17H23N5O2. The van der Waals surface area contributed by atoms with Crippen molar-refractivity contribution < 1.29 is 4.79 Å². The molecule has 1 amide bonds. The second kappa shape index (κ2) is 7.05. The Hall–Kier alpha value is -2.33. The van der Waals surface area contributed by atoms with Crippen molar-refractivity contribution in [2.75, 3.05) is 37.6 Å². The summed E-state index contributed by atoms with van der Waals surface area (Å²) in [5.74, 6) is 2.87. The van der Waals surface area contributed by atoms with Gasteiger partial charge < -0.3 is 14.8 Å². The fraction of sp³-hybridized carbons (Fsp3) is 0.588. The summed E-state index contributed by atoms with van der Waals surface area (Å²) in [6, 6.07) is 0.118. The normalized spacial score (nSPS) is 19.6. The SMILES string of the molecule is C#CCNC(=O)C(C)N1CCN(c2nccn(C3CC3)c2=O)CC1. The van der Waals surface area contributed by atoms with Crippen LogP contribution >= 0.6 is 0 Å². The van der Waals surface area contributed by atoms with Crippen LogP contribution in [0.25, 0.3) is 0 Å². The molecule has 7 nitrogen and oxygen atoms in total. The van der Waals surface area contributed by atoms with E-state index >= 15 is 0 Å².